The molecule has 0 aromatic heterocycles. The van der Waals surface area contributed by atoms with Crippen LogP contribution in [0.15, 0.2) is 0 Å². The summed E-state index contributed by atoms with van der Waals surface area (Å²) in [6.45, 7) is 4.01. The Balaban J connectivity index is 1.76. The Bertz CT molecular complexity index is 347. The number of carbonyl (C=O) groups excluding carboxylic acids is 2. The molecular formula is C14H25N3O2. The van der Waals surface area contributed by atoms with Crippen molar-refractivity contribution in [3.05, 3.63) is 0 Å². The van der Waals surface area contributed by atoms with Gasteiger partial charge in [0.05, 0.1) is 6.54 Å². The van der Waals surface area contributed by atoms with E-state index in [1.807, 2.05) is 11.9 Å². The Labute approximate surface area is 115 Å². The van der Waals surface area contributed by atoms with E-state index in [2.05, 4.69) is 11.8 Å². The molecule has 2 amide bonds. The van der Waals surface area contributed by atoms with Gasteiger partial charge in [-0.1, -0.05) is 0 Å². The zero-order chi connectivity index (χ0) is 14.0. The number of hydrogen-bond acceptors (Lipinski definition) is 3. The molecule has 1 saturated carbocycles. The van der Waals surface area contributed by atoms with E-state index in [1.165, 1.54) is 12.8 Å². The average molecular weight is 267 g/mol. The Hall–Kier alpha value is -1.10. The van der Waals surface area contributed by atoms with Crippen LogP contribution in [0, 0.1) is 11.8 Å². The topological polar surface area (TPSA) is 66.6 Å². The summed E-state index contributed by atoms with van der Waals surface area (Å²) >= 11 is 0. The van der Waals surface area contributed by atoms with Crippen molar-refractivity contribution in [2.45, 2.75) is 38.6 Å². The summed E-state index contributed by atoms with van der Waals surface area (Å²) in [7, 11) is 2.02. The van der Waals surface area contributed by atoms with Crippen molar-refractivity contribution in [2.24, 2.45) is 17.6 Å². The van der Waals surface area contributed by atoms with E-state index in [0.29, 0.717) is 38.5 Å². The first-order chi connectivity index (χ1) is 8.99. The minimum Gasteiger partial charge on any atom is -0.369 e. The van der Waals surface area contributed by atoms with Crippen molar-refractivity contribution in [3.8, 4) is 0 Å². The lowest BCUT2D eigenvalue weighted by molar-refractivity contribution is -0.136. The minimum absolute atomic E-state index is 0.0489. The lowest BCUT2D eigenvalue weighted by Crippen LogP contribution is -2.46. The van der Waals surface area contributed by atoms with Crippen LogP contribution in [0.3, 0.4) is 0 Å². The van der Waals surface area contributed by atoms with Crippen molar-refractivity contribution < 1.29 is 9.59 Å². The Morgan fingerprint density at radius 3 is 2.32 bits per heavy atom. The van der Waals surface area contributed by atoms with Gasteiger partial charge >= 0.3 is 0 Å². The van der Waals surface area contributed by atoms with E-state index < -0.39 is 0 Å². The maximum Gasteiger partial charge on any atom is 0.236 e. The van der Waals surface area contributed by atoms with Crippen LogP contribution in [0.5, 0.6) is 0 Å². The number of rotatable bonds is 5. The van der Waals surface area contributed by atoms with E-state index in [1.54, 1.807) is 0 Å². The zero-order valence-electron chi connectivity index (χ0n) is 12.0. The summed E-state index contributed by atoms with van der Waals surface area (Å²) in [6, 6.07) is 0.493. The third kappa shape index (κ3) is 3.69. The molecule has 108 valence electrons. The van der Waals surface area contributed by atoms with Crippen molar-refractivity contribution in [1.29, 1.82) is 0 Å². The number of primary amides is 1. The standard InChI is InChI=1S/C14H25N3O2/c1-10(11-3-4-11)16(2)9-13(18)17-7-5-12(6-8-17)14(15)19/h10-12H,3-9H2,1-2H3,(H2,15,19). The van der Waals surface area contributed by atoms with Crippen molar-refractivity contribution in [1.82, 2.24) is 9.80 Å². The fourth-order valence-corrected chi connectivity index (χ4v) is 2.81. The molecule has 5 heteroatoms. The molecule has 0 aromatic rings. The summed E-state index contributed by atoms with van der Waals surface area (Å²) in [5.74, 6) is 0.676. The van der Waals surface area contributed by atoms with E-state index in [9.17, 15) is 9.59 Å². The molecule has 1 heterocycles. The second-order valence-electron chi connectivity index (χ2n) is 6.05. The Morgan fingerprint density at radius 1 is 1.26 bits per heavy atom. The lowest BCUT2D eigenvalue weighted by atomic mass is 9.96. The van der Waals surface area contributed by atoms with E-state index in [-0.39, 0.29) is 17.7 Å². The third-order valence-corrected chi connectivity index (χ3v) is 4.63. The Kier molecular flexibility index (Phi) is 4.45. The van der Waals surface area contributed by atoms with Gasteiger partial charge in [0.2, 0.25) is 11.8 Å². The van der Waals surface area contributed by atoms with Crippen LogP contribution < -0.4 is 5.73 Å². The number of likely N-dealkylation sites (tertiary alicyclic amines) is 1. The summed E-state index contributed by atoms with van der Waals surface area (Å²) < 4.78 is 0. The monoisotopic (exact) mass is 267 g/mol. The summed E-state index contributed by atoms with van der Waals surface area (Å²) in [4.78, 5) is 27.3. The molecule has 2 aliphatic rings. The summed E-state index contributed by atoms with van der Waals surface area (Å²) in [5.41, 5.74) is 5.30. The first-order valence-corrected chi connectivity index (χ1v) is 7.26. The van der Waals surface area contributed by atoms with Crippen LogP contribution in [0.25, 0.3) is 0 Å². The number of carbonyl (C=O) groups is 2. The SMILES string of the molecule is CC(C1CC1)N(C)CC(=O)N1CCC(C(N)=O)CC1. The molecule has 19 heavy (non-hydrogen) atoms. The maximum atomic E-state index is 12.2. The highest BCUT2D eigenvalue weighted by Gasteiger charge is 2.32. The molecule has 0 spiro atoms. The number of amides is 2. The summed E-state index contributed by atoms with van der Waals surface area (Å²) in [6.07, 6.45) is 4.01. The van der Waals surface area contributed by atoms with Gasteiger partial charge < -0.3 is 10.6 Å². The van der Waals surface area contributed by atoms with Crippen LogP contribution >= 0.6 is 0 Å². The van der Waals surface area contributed by atoms with Crippen LogP contribution in [0.1, 0.15) is 32.6 Å². The van der Waals surface area contributed by atoms with E-state index >= 15 is 0 Å². The van der Waals surface area contributed by atoms with E-state index in [0.717, 1.165) is 5.92 Å². The van der Waals surface area contributed by atoms with Crippen LogP contribution in [-0.2, 0) is 9.59 Å². The number of piperidine rings is 1. The van der Waals surface area contributed by atoms with Gasteiger partial charge in [0.25, 0.3) is 0 Å². The molecule has 2 rings (SSSR count). The highest BCUT2D eigenvalue weighted by atomic mass is 16.2. The number of likely N-dealkylation sites (N-methyl/N-ethyl adjacent to an activating group) is 1. The van der Waals surface area contributed by atoms with Gasteiger partial charge in [-0.15, -0.1) is 0 Å². The van der Waals surface area contributed by atoms with Crippen LogP contribution in [0.2, 0.25) is 0 Å². The number of hydrogen-bond donors (Lipinski definition) is 1. The van der Waals surface area contributed by atoms with Gasteiger partial charge in [0, 0.05) is 25.0 Å². The van der Waals surface area contributed by atoms with Crippen LogP contribution in [0.4, 0.5) is 0 Å². The molecule has 2 N–H and O–H groups in total. The quantitative estimate of drug-likeness (QED) is 0.786. The summed E-state index contributed by atoms with van der Waals surface area (Å²) in [5, 5.41) is 0. The fraction of sp³-hybridized carbons (Fsp3) is 0.857. The second kappa shape index (κ2) is 5.90. The van der Waals surface area contributed by atoms with Crippen LogP contribution in [-0.4, -0.2) is 54.3 Å². The molecule has 0 aromatic carbocycles. The maximum absolute atomic E-state index is 12.2. The minimum atomic E-state index is -0.230. The second-order valence-corrected chi connectivity index (χ2v) is 6.05. The smallest absolute Gasteiger partial charge is 0.236 e. The normalized spacial score (nSPS) is 22.6. The van der Waals surface area contributed by atoms with Gasteiger partial charge in [-0.05, 0) is 45.6 Å². The van der Waals surface area contributed by atoms with Crippen molar-refractivity contribution in [3.63, 3.8) is 0 Å². The van der Waals surface area contributed by atoms with Gasteiger partial charge in [0.15, 0.2) is 0 Å². The fourth-order valence-electron chi connectivity index (χ4n) is 2.81. The van der Waals surface area contributed by atoms with Gasteiger partial charge in [-0.25, -0.2) is 0 Å². The molecular weight excluding hydrogens is 242 g/mol. The lowest BCUT2D eigenvalue weighted by Gasteiger charge is -2.33. The first-order valence-electron chi connectivity index (χ1n) is 7.26. The highest BCUT2D eigenvalue weighted by Crippen LogP contribution is 2.34. The molecule has 0 radical (unpaired) electrons. The highest BCUT2D eigenvalue weighted by molar-refractivity contribution is 5.80. The molecule has 1 saturated heterocycles. The molecule has 1 atom stereocenters. The molecule has 1 aliphatic carbocycles. The van der Waals surface area contributed by atoms with E-state index in [4.69, 9.17) is 5.73 Å². The number of nitrogens with two attached hydrogens (primary N) is 1. The van der Waals surface area contributed by atoms with Crippen molar-refractivity contribution >= 4 is 11.8 Å². The van der Waals surface area contributed by atoms with Gasteiger partial charge in [-0.3, -0.25) is 14.5 Å². The van der Waals surface area contributed by atoms with Crippen molar-refractivity contribution in [2.75, 3.05) is 26.7 Å². The number of nitrogens with zero attached hydrogens (tertiary/aromatic N) is 2. The molecule has 1 unspecified atom stereocenters. The zero-order valence-corrected chi connectivity index (χ0v) is 12.0. The van der Waals surface area contributed by atoms with Gasteiger partial charge in [-0.2, -0.15) is 0 Å². The molecule has 5 nitrogen and oxygen atoms in total. The largest absolute Gasteiger partial charge is 0.369 e. The molecule has 2 fully saturated rings. The Morgan fingerprint density at radius 2 is 1.84 bits per heavy atom. The average Bonchev–Trinajstić information content (AvgIpc) is 3.22. The van der Waals surface area contributed by atoms with Gasteiger partial charge in [0.1, 0.15) is 0 Å². The molecule has 1 aliphatic heterocycles. The predicted octanol–water partition coefficient (Wildman–Crippen LogP) is 0.441. The third-order valence-electron chi connectivity index (χ3n) is 4.63. The predicted molar refractivity (Wildman–Crippen MR) is 73.3 cm³/mol. The first kappa shape index (κ1) is 14.3. The molecule has 0 bridgehead atoms.